The second-order valence-corrected chi connectivity index (χ2v) is 5.02. The van der Waals surface area contributed by atoms with Gasteiger partial charge in [-0.05, 0) is 6.92 Å². The molecule has 0 aromatic heterocycles. The summed E-state index contributed by atoms with van der Waals surface area (Å²) in [5, 5.41) is -4.59. The molecule has 0 N–H and O–H groups in total. The van der Waals surface area contributed by atoms with Crippen molar-refractivity contribution in [1.29, 1.82) is 0 Å². The molecule has 12 heavy (non-hydrogen) atoms. The average molecular weight is 206 g/mol. The molecular formula is C5H6F4O2S. The van der Waals surface area contributed by atoms with E-state index in [1.807, 2.05) is 0 Å². The van der Waals surface area contributed by atoms with Crippen LogP contribution in [0.2, 0.25) is 0 Å². The number of sulfone groups is 1. The summed E-state index contributed by atoms with van der Waals surface area (Å²) in [6, 6.07) is 0. The molecule has 0 saturated carbocycles. The van der Waals surface area contributed by atoms with Gasteiger partial charge in [-0.15, -0.1) is 0 Å². The van der Waals surface area contributed by atoms with Gasteiger partial charge in [-0.1, -0.05) is 0 Å². The van der Waals surface area contributed by atoms with Crippen molar-refractivity contribution in [3.8, 4) is 0 Å². The van der Waals surface area contributed by atoms with Gasteiger partial charge in [-0.25, -0.2) is 17.2 Å². The number of hydrogen-bond donors (Lipinski definition) is 0. The van der Waals surface area contributed by atoms with E-state index in [1.165, 1.54) is 0 Å². The third-order valence-corrected chi connectivity index (χ3v) is 3.69. The Bertz CT molecular complexity index is 295. The van der Waals surface area contributed by atoms with E-state index in [0.717, 1.165) is 0 Å². The van der Waals surface area contributed by atoms with Gasteiger partial charge >= 0.3 is 5.25 Å². The first-order chi connectivity index (χ1) is 5.11. The number of halogens is 4. The quantitative estimate of drug-likeness (QED) is 0.555. The number of alkyl halides is 4. The number of rotatable bonds is 0. The van der Waals surface area contributed by atoms with E-state index in [4.69, 9.17) is 0 Å². The Morgan fingerprint density at radius 3 is 1.83 bits per heavy atom. The molecule has 2 atom stereocenters. The molecule has 0 spiro atoms. The predicted octanol–water partition coefficient (Wildman–Crippen LogP) is 1.07. The third-order valence-electron chi connectivity index (χ3n) is 1.71. The SMILES string of the molecule is CC1(F)CS(=O)(=O)C(F)(F)C1F. The van der Waals surface area contributed by atoms with Gasteiger partial charge in [-0.2, -0.15) is 8.78 Å². The highest BCUT2D eigenvalue weighted by molar-refractivity contribution is 7.92. The molecule has 1 heterocycles. The predicted molar refractivity (Wildman–Crippen MR) is 33.1 cm³/mol. The van der Waals surface area contributed by atoms with Gasteiger partial charge in [0.15, 0.2) is 5.67 Å². The van der Waals surface area contributed by atoms with Gasteiger partial charge < -0.3 is 0 Å². The molecule has 2 nitrogen and oxygen atoms in total. The second-order valence-electron chi connectivity index (χ2n) is 2.96. The molecule has 0 aliphatic carbocycles. The van der Waals surface area contributed by atoms with Crippen LogP contribution in [0, 0.1) is 0 Å². The minimum absolute atomic E-state index is 0.510. The maximum Gasteiger partial charge on any atom is 0.379 e. The van der Waals surface area contributed by atoms with Crippen molar-refractivity contribution in [2.75, 3.05) is 5.75 Å². The molecule has 72 valence electrons. The molecule has 0 bridgehead atoms. The first kappa shape index (κ1) is 9.76. The standard InChI is InChI=1S/C5H6F4O2S/c1-4(7)2-12(10,11)5(8,9)3(4)6/h3H,2H2,1H3. The normalized spacial score (nSPS) is 44.6. The maximum atomic E-state index is 12.8. The van der Waals surface area contributed by atoms with Crippen molar-refractivity contribution in [2.24, 2.45) is 0 Å². The Morgan fingerprint density at radius 1 is 1.33 bits per heavy atom. The summed E-state index contributed by atoms with van der Waals surface area (Å²) in [7, 11) is -4.96. The summed E-state index contributed by atoms with van der Waals surface area (Å²) >= 11 is 0. The first-order valence-corrected chi connectivity index (χ1v) is 4.69. The van der Waals surface area contributed by atoms with E-state index in [1.54, 1.807) is 0 Å². The van der Waals surface area contributed by atoms with E-state index in [9.17, 15) is 26.0 Å². The van der Waals surface area contributed by atoms with Crippen molar-refractivity contribution in [2.45, 2.75) is 24.0 Å². The zero-order chi connectivity index (χ0) is 9.78. The number of hydrogen-bond acceptors (Lipinski definition) is 2. The highest BCUT2D eigenvalue weighted by atomic mass is 32.2. The Morgan fingerprint density at radius 2 is 1.75 bits per heavy atom. The molecule has 0 aromatic rings. The molecule has 7 heteroatoms. The fourth-order valence-electron chi connectivity index (χ4n) is 1.05. The van der Waals surface area contributed by atoms with Crippen molar-refractivity contribution in [1.82, 2.24) is 0 Å². The Hall–Kier alpha value is -0.330. The Labute approximate surface area is 66.5 Å². The zero-order valence-electron chi connectivity index (χ0n) is 6.02. The van der Waals surface area contributed by atoms with Gasteiger partial charge in [0.05, 0.1) is 5.75 Å². The first-order valence-electron chi connectivity index (χ1n) is 3.04. The molecule has 1 saturated heterocycles. The monoisotopic (exact) mass is 206 g/mol. The fraction of sp³-hybridized carbons (Fsp3) is 1.00. The van der Waals surface area contributed by atoms with Crippen molar-refractivity contribution >= 4 is 9.84 Å². The van der Waals surface area contributed by atoms with E-state index in [2.05, 4.69) is 0 Å². The molecule has 2 unspecified atom stereocenters. The average Bonchev–Trinajstić information content (AvgIpc) is 1.90. The van der Waals surface area contributed by atoms with Crippen LogP contribution in [0.1, 0.15) is 6.92 Å². The molecule has 1 fully saturated rings. The fourth-order valence-corrected chi connectivity index (χ4v) is 2.69. The summed E-state index contributed by atoms with van der Waals surface area (Å²) in [6.07, 6.45) is -3.27. The smallest absolute Gasteiger partial charge is 0.240 e. The summed E-state index contributed by atoms with van der Waals surface area (Å²) in [4.78, 5) is 0. The lowest BCUT2D eigenvalue weighted by molar-refractivity contribution is -0.0443. The highest BCUT2D eigenvalue weighted by Gasteiger charge is 2.69. The van der Waals surface area contributed by atoms with Crippen molar-refractivity contribution in [3.05, 3.63) is 0 Å². The van der Waals surface area contributed by atoms with E-state index in [0.29, 0.717) is 6.92 Å². The van der Waals surface area contributed by atoms with Crippen molar-refractivity contribution in [3.63, 3.8) is 0 Å². The molecule has 0 amide bonds. The molecule has 0 aromatic carbocycles. The minimum atomic E-state index is -4.96. The van der Waals surface area contributed by atoms with Crippen LogP contribution in [0.15, 0.2) is 0 Å². The molecule has 1 aliphatic rings. The highest BCUT2D eigenvalue weighted by Crippen LogP contribution is 2.45. The lowest BCUT2D eigenvalue weighted by Crippen LogP contribution is -2.38. The van der Waals surface area contributed by atoms with Crippen LogP contribution < -0.4 is 0 Å². The van der Waals surface area contributed by atoms with Crippen LogP contribution in [-0.4, -0.2) is 31.3 Å². The summed E-state index contributed by atoms with van der Waals surface area (Å²) in [5.74, 6) is -1.46. The van der Waals surface area contributed by atoms with Gasteiger partial charge in [0.1, 0.15) is 0 Å². The summed E-state index contributed by atoms with van der Waals surface area (Å²) < 4.78 is 71.0. The van der Waals surface area contributed by atoms with Gasteiger partial charge in [-0.3, -0.25) is 0 Å². The molecule has 1 aliphatic heterocycles. The molecule has 0 radical (unpaired) electrons. The largest absolute Gasteiger partial charge is 0.379 e. The Balaban J connectivity index is 3.24. The van der Waals surface area contributed by atoms with Crippen molar-refractivity contribution < 1.29 is 26.0 Å². The topological polar surface area (TPSA) is 34.1 Å². The van der Waals surface area contributed by atoms with E-state index < -0.39 is 32.7 Å². The van der Waals surface area contributed by atoms with E-state index in [-0.39, 0.29) is 0 Å². The maximum absolute atomic E-state index is 12.8. The summed E-state index contributed by atoms with van der Waals surface area (Å²) in [6.45, 7) is 0.510. The van der Waals surface area contributed by atoms with Crippen LogP contribution in [0.5, 0.6) is 0 Å². The summed E-state index contributed by atoms with van der Waals surface area (Å²) in [5.41, 5.74) is -2.98. The van der Waals surface area contributed by atoms with Gasteiger partial charge in [0.25, 0.3) is 0 Å². The van der Waals surface area contributed by atoms with Gasteiger partial charge in [0.2, 0.25) is 16.0 Å². The van der Waals surface area contributed by atoms with Crippen LogP contribution >= 0.6 is 0 Å². The van der Waals surface area contributed by atoms with Crippen LogP contribution in [0.25, 0.3) is 0 Å². The van der Waals surface area contributed by atoms with Crippen LogP contribution in [0.4, 0.5) is 17.6 Å². The lowest BCUT2D eigenvalue weighted by atomic mass is 10.1. The van der Waals surface area contributed by atoms with E-state index >= 15 is 0 Å². The van der Waals surface area contributed by atoms with Crippen LogP contribution in [0.3, 0.4) is 0 Å². The van der Waals surface area contributed by atoms with Crippen LogP contribution in [-0.2, 0) is 9.84 Å². The molecular weight excluding hydrogens is 200 g/mol. The third kappa shape index (κ3) is 1.02. The minimum Gasteiger partial charge on any atom is -0.240 e. The Kier molecular flexibility index (Phi) is 1.73. The second kappa shape index (κ2) is 2.12. The van der Waals surface area contributed by atoms with Gasteiger partial charge in [0, 0.05) is 0 Å². The lowest BCUT2D eigenvalue weighted by Gasteiger charge is -2.15. The molecule has 1 rings (SSSR count). The zero-order valence-corrected chi connectivity index (χ0v) is 6.84.